The summed E-state index contributed by atoms with van der Waals surface area (Å²) in [5, 5.41) is 0. The van der Waals surface area contributed by atoms with Gasteiger partial charge in [0.25, 0.3) is 0 Å². The molecule has 0 aliphatic carbocycles. The van der Waals surface area contributed by atoms with Gasteiger partial charge in [0.2, 0.25) is 5.91 Å². The molecule has 0 saturated carbocycles. The van der Waals surface area contributed by atoms with Gasteiger partial charge in [-0.1, -0.05) is 44.2 Å². The van der Waals surface area contributed by atoms with Crippen LogP contribution in [0.4, 0.5) is 10.1 Å². The molecular weight excluding hydrogens is 501 g/mol. The van der Waals surface area contributed by atoms with Crippen molar-refractivity contribution in [3.05, 3.63) is 90.0 Å². The van der Waals surface area contributed by atoms with E-state index in [9.17, 15) is 9.18 Å². The third-order valence-electron chi connectivity index (χ3n) is 8.43. The average molecular weight is 540 g/mol. The van der Waals surface area contributed by atoms with E-state index in [0.717, 1.165) is 74.7 Å². The van der Waals surface area contributed by atoms with E-state index in [4.69, 9.17) is 4.98 Å². The fraction of sp³-hybridized carbons (Fsp3) is 0.394. The van der Waals surface area contributed by atoms with Crippen molar-refractivity contribution in [1.82, 2.24) is 19.4 Å². The first-order valence-corrected chi connectivity index (χ1v) is 14.6. The van der Waals surface area contributed by atoms with E-state index in [1.165, 1.54) is 23.4 Å². The van der Waals surface area contributed by atoms with Crippen LogP contribution in [0, 0.1) is 11.7 Å². The average Bonchev–Trinajstić information content (AvgIpc) is 3.35. The number of amides is 1. The molecule has 208 valence electrons. The first-order valence-electron chi connectivity index (χ1n) is 14.6. The van der Waals surface area contributed by atoms with Gasteiger partial charge >= 0.3 is 0 Å². The number of nitrogens with zero attached hydrogens (tertiary/aromatic N) is 5. The lowest BCUT2D eigenvalue weighted by molar-refractivity contribution is -0.137. The smallest absolute Gasteiger partial charge is 0.227 e. The summed E-state index contributed by atoms with van der Waals surface area (Å²) in [7, 11) is 0. The highest BCUT2D eigenvalue weighted by molar-refractivity contribution is 5.80. The summed E-state index contributed by atoms with van der Waals surface area (Å²) < 4.78 is 15.8. The maximum atomic E-state index is 13.7. The second kappa shape index (κ2) is 11.4. The largest absolute Gasteiger partial charge is 0.368 e. The van der Waals surface area contributed by atoms with Crippen molar-refractivity contribution < 1.29 is 9.18 Å². The van der Waals surface area contributed by atoms with Crippen molar-refractivity contribution in [1.29, 1.82) is 0 Å². The molecule has 3 heterocycles. The van der Waals surface area contributed by atoms with Crippen molar-refractivity contribution >= 4 is 22.6 Å². The zero-order valence-electron chi connectivity index (χ0n) is 23.5. The van der Waals surface area contributed by atoms with Crippen LogP contribution in [-0.4, -0.2) is 64.5 Å². The molecule has 2 aliphatic heterocycles. The Bertz CT molecular complexity index is 1470. The molecule has 1 amide bonds. The number of likely N-dealkylation sites (tertiary alicyclic amines) is 1. The van der Waals surface area contributed by atoms with Gasteiger partial charge in [0.05, 0.1) is 23.5 Å². The summed E-state index contributed by atoms with van der Waals surface area (Å²) in [4.78, 5) is 25.5. The fourth-order valence-corrected chi connectivity index (χ4v) is 6.35. The molecule has 0 radical (unpaired) electrons. The highest BCUT2D eigenvalue weighted by Gasteiger charge is 2.32. The summed E-state index contributed by atoms with van der Waals surface area (Å²) >= 11 is 0. The van der Waals surface area contributed by atoms with Gasteiger partial charge in [-0.2, -0.15) is 0 Å². The Morgan fingerprint density at radius 1 is 0.925 bits per heavy atom. The number of para-hydroxylation sites is 3. The molecule has 40 heavy (non-hydrogen) atoms. The van der Waals surface area contributed by atoms with E-state index in [-0.39, 0.29) is 17.6 Å². The number of rotatable bonds is 6. The molecule has 1 aromatic heterocycles. The summed E-state index contributed by atoms with van der Waals surface area (Å²) in [6.07, 6.45) is 1.93. The molecule has 0 N–H and O–H groups in total. The number of carbonyl (C=O) groups excluding carboxylic acids is 1. The van der Waals surface area contributed by atoms with E-state index >= 15 is 0 Å². The Balaban J connectivity index is 1.13. The Morgan fingerprint density at radius 3 is 2.42 bits per heavy atom. The molecular formula is C33H38FN5O. The van der Waals surface area contributed by atoms with Crippen LogP contribution >= 0.6 is 0 Å². The lowest BCUT2D eigenvalue weighted by Gasteiger charge is -2.40. The highest BCUT2D eigenvalue weighted by Crippen LogP contribution is 2.29. The first-order chi connectivity index (χ1) is 19.5. The molecule has 4 aromatic rings. The van der Waals surface area contributed by atoms with Crippen molar-refractivity contribution in [2.24, 2.45) is 5.92 Å². The van der Waals surface area contributed by atoms with Gasteiger partial charge in [0.15, 0.2) is 0 Å². The van der Waals surface area contributed by atoms with Crippen molar-refractivity contribution in [2.45, 2.75) is 39.2 Å². The summed E-state index contributed by atoms with van der Waals surface area (Å²) in [6, 6.07) is 23.3. The van der Waals surface area contributed by atoms with Crippen LogP contribution in [0.15, 0.2) is 72.8 Å². The quantitative estimate of drug-likeness (QED) is 0.308. The molecule has 0 spiro atoms. The van der Waals surface area contributed by atoms with Crippen LogP contribution in [0.2, 0.25) is 0 Å². The van der Waals surface area contributed by atoms with Gasteiger partial charge in [-0.25, -0.2) is 9.37 Å². The van der Waals surface area contributed by atoms with Crippen LogP contribution in [0.5, 0.6) is 0 Å². The third-order valence-corrected chi connectivity index (χ3v) is 8.43. The number of piperidine rings is 1. The number of halogens is 1. The number of aromatic nitrogens is 2. The SMILES string of the molecule is CC(C)c1ccccc1N1CCN(C(=O)[C@H]2CCCN(Cc3nc4ccccc4n3-c3ccc(F)cc3)C2)CC1. The van der Waals surface area contributed by atoms with Gasteiger partial charge in [-0.15, -0.1) is 0 Å². The summed E-state index contributed by atoms with van der Waals surface area (Å²) in [5.74, 6) is 1.43. The second-order valence-corrected chi connectivity index (χ2v) is 11.4. The predicted molar refractivity (Wildman–Crippen MR) is 158 cm³/mol. The van der Waals surface area contributed by atoms with Gasteiger partial charge < -0.3 is 9.80 Å². The standard InChI is InChI=1S/C33H38FN5O/c1-24(2)28-9-3-5-11-30(28)37-18-20-38(21-19-37)33(40)25-8-7-17-36(22-25)23-32-35-29-10-4-6-12-31(29)39(32)27-15-13-26(34)14-16-27/h3-6,9-16,24-25H,7-8,17-23H2,1-2H3/t25-/m0/s1. The predicted octanol–water partition coefficient (Wildman–Crippen LogP) is 5.85. The number of anilines is 1. The number of piperazine rings is 1. The van der Waals surface area contributed by atoms with Gasteiger partial charge in [-0.3, -0.25) is 14.3 Å². The monoisotopic (exact) mass is 539 g/mol. The van der Waals surface area contributed by atoms with Crippen LogP contribution in [0.1, 0.15) is 44.0 Å². The van der Waals surface area contributed by atoms with Crippen LogP contribution in [0.25, 0.3) is 16.7 Å². The molecule has 2 saturated heterocycles. The number of imidazole rings is 1. The molecule has 0 unspecified atom stereocenters. The molecule has 1 atom stereocenters. The van der Waals surface area contributed by atoms with E-state index in [0.29, 0.717) is 12.5 Å². The first kappa shape index (κ1) is 26.5. The van der Waals surface area contributed by atoms with E-state index in [1.54, 1.807) is 12.1 Å². The highest BCUT2D eigenvalue weighted by atomic mass is 19.1. The van der Waals surface area contributed by atoms with Crippen molar-refractivity contribution in [3.8, 4) is 5.69 Å². The number of hydrogen-bond donors (Lipinski definition) is 0. The molecule has 6 nitrogen and oxygen atoms in total. The van der Waals surface area contributed by atoms with Gasteiger partial charge in [0, 0.05) is 44.1 Å². The minimum atomic E-state index is -0.253. The molecule has 2 aliphatic rings. The number of fused-ring (bicyclic) bond motifs is 1. The van der Waals surface area contributed by atoms with E-state index in [1.807, 2.05) is 18.2 Å². The lowest BCUT2D eigenvalue weighted by Crippen LogP contribution is -2.52. The maximum Gasteiger partial charge on any atom is 0.227 e. The minimum Gasteiger partial charge on any atom is -0.368 e. The van der Waals surface area contributed by atoms with E-state index < -0.39 is 0 Å². The lowest BCUT2D eigenvalue weighted by atomic mass is 9.96. The topological polar surface area (TPSA) is 44.6 Å². The zero-order valence-corrected chi connectivity index (χ0v) is 23.5. The fourth-order valence-electron chi connectivity index (χ4n) is 6.35. The summed E-state index contributed by atoms with van der Waals surface area (Å²) in [6.45, 7) is 10.1. The van der Waals surface area contributed by atoms with Gasteiger partial charge in [0.1, 0.15) is 11.6 Å². The Kier molecular flexibility index (Phi) is 7.57. The van der Waals surface area contributed by atoms with Crippen LogP contribution in [-0.2, 0) is 11.3 Å². The minimum absolute atomic E-state index is 0.00639. The third kappa shape index (κ3) is 5.35. The second-order valence-electron chi connectivity index (χ2n) is 11.4. The molecule has 3 aromatic carbocycles. The number of benzene rings is 3. The zero-order chi connectivity index (χ0) is 27.6. The Hall–Kier alpha value is -3.71. The summed E-state index contributed by atoms with van der Waals surface area (Å²) in [5.41, 5.74) is 5.50. The van der Waals surface area contributed by atoms with Crippen molar-refractivity contribution in [3.63, 3.8) is 0 Å². The Morgan fingerprint density at radius 2 is 1.65 bits per heavy atom. The molecule has 2 fully saturated rings. The molecule has 7 heteroatoms. The molecule has 6 rings (SSSR count). The van der Waals surface area contributed by atoms with Crippen LogP contribution in [0.3, 0.4) is 0 Å². The van der Waals surface area contributed by atoms with E-state index in [2.05, 4.69) is 63.4 Å². The van der Waals surface area contributed by atoms with Crippen LogP contribution < -0.4 is 4.90 Å². The maximum absolute atomic E-state index is 13.7. The number of carbonyl (C=O) groups is 1. The van der Waals surface area contributed by atoms with Crippen molar-refractivity contribution in [2.75, 3.05) is 44.2 Å². The van der Waals surface area contributed by atoms with Gasteiger partial charge in [-0.05, 0) is 73.3 Å². The number of hydrogen-bond acceptors (Lipinski definition) is 4. The Labute approximate surface area is 236 Å². The normalized spacial score (nSPS) is 18.6. The molecule has 0 bridgehead atoms.